The van der Waals surface area contributed by atoms with Crippen LogP contribution in [-0.4, -0.2) is 40.0 Å². The molecule has 2 saturated carbocycles. The minimum Gasteiger partial charge on any atom is -0.369 e. The Labute approximate surface area is 193 Å². The number of nitrogens with zero attached hydrogens (tertiary/aromatic N) is 2. The molecule has 2 heterocycles. The molecule has 6 aliphatic rings. The number of allylic oxidation sites excluding steroid dienone is 4. The molecule has 9 nitrogen and oxygen atoms in total. The zero-order valence-corrected chi connectivity index (χ0v) is 17.9. The van der Waals surface area contributed by atoms with Gasteiger partial charge in [0.05, 0.1) is 29.2 Å². The Hall–Kier alpha value is -3.75. The van der Waals surface area contributed by atoms with Crippen LogP contribution < -0.4 is 9.68 Å². The van der Waals surface area contributed by atoms with E-state index in [4.69, 9.17) is 9.68 Å². The largest absolute Gasteiger partial charge is 0.369 e. The van der Waals surface area contributed by atoms with Gasteiger partial charge in [-0.25, -0.2) is 0 Å². The number of amides is 4. The molecule has 0 aromatic heterocycles. The summed E-state index contributed by atoms with van der Waals surface area (Å²) in [5.41, 5.74) is 0.101. The third kappa shape index (κ3) is 2.41. The SMILES string of the molecule is O=Cc1ccc(O[15N]2C(=O)[C@@H]3[C@H](C2=O)[C@@H]2C=C[C@H]3C2)cc1ON1C(=O)[C@@H]2[C@H](C1=O)[C@@H]1C=C[C@H]2C1. The number of benzene rings is 1. The monoisotopic (exact) mass is 461 g/mol. The molecule has 8 atom stereocenters. The number of imide groups is 2. The average molecular weight is 461 g/mol. The predicted molar refractivity (Wildman–Crippen MR) is 112 cm³/mol. The number of hydrogen-bond acceptors (Lipinski definition) is 7. The number of aldehydes is 1. The molecular formula is C25H20N2O7. The Bertz CT molecular complexity index is 1190. The summed E-state index contributed by atoms with van der Waals surface area (Å²) in [6.07, 6.45) is 10.1. The van der Waals surface area contributed by atoms with Crippen molar-refractivity contribution in [2.45, 2.75) is 12.8 Å². The number of hydroxylamine groups is 4. The topological polar surface area (TPSA) is 110 Å². The van der Waals surface area contributed by atoms with E-state index >= 15 is 0 Å². The molecule has 0 radical (unpaired) electrons. The van der Waals surface area contributed by atoms with Gasteiger partial charge in [0, 0.05) is 6.07 Å². The van der Waals surface area contributed by atoms with Crippen LogP contribution in [0.1, 0.15) is 23.2 Å². The number of fused-ring (bicyclic) bond motifs is 10. The smallest absolute Gasteiger partial charge is 0.267 e. The van der Waals surface area contributed by atoms with Crippen LogP contribution in [-0.2, 0) is 19.2 Å². The lowest BCUT2D eigenvalue weighted by Crippen LogP contribution is -2.37. The number of hydrogen-bond donors (Lipinski definition) is 0. The predicted octanol–water partition coefficient (Wildman–Crippen LogP) is 1.70. The van der Waals surface area contributed by atoms with Gasteiger partial charge in [-0.3, -0.25) is 24.0 Å². The van der Waals surface area contributed by atoms with Crippen molar-refractivity contribution in [2.24, 2.45) is 47.3 Å². The number of carbonyl (C=O) groups is 5. The van der Waals surface area contributed by atoms with Crippen LogP contribution in [0.2, 0.25) is 0 Å². The second-order valence-electron chi connectivity index (χ2n) is 9.94. The van der Waals surface area contributed by atoms with Crippen molar-refractivity contribution < 1.29 is 33.6 Å². The van der Waals surface area contributed by atoms with Crippen molar-refractivity contribution in [1.82, 2.24) is 10.1 Å². The molecule has 172 valence electrons. The van der Waals surface area contributed by atoms with Gasteiger partial charge in [0.15, 0.2) is 17.8 Å². The molecule has 9 heteroatoms. The van der Waals surface area contributed by atoms with Crippen LogP contribution in [0.25, 0.3) is 0 Å². The first-order valence-corrected chi connectivity index (χ1v) is 11.5. The molecule has 4 bridgehead atoms. The van der Waals surface area contributed by atoms with E-state index in [1.807, 2.05) is 24.3 Å². The number of rotatable bonds is 5. The first-order valence-electron chi connectivity index (χ1n) is 11.5. The van der Waals surface area contributed by atoms with Gasteiger partial charge in [0.2, 0.25) is 0 Å². The molecule has 7 rings (SSSR count). The van der Waals surface area contributed by atoms with Crippen LogP contribution in [0.5, 0.6) is 11.5 Å². The van der Waals surface area contributed by atoms with E-state index in [1.165, 1.54) is 18.2 Å². The fourth-order valence-electron chi connectivity index (χ4n) is 6.88. The maximum absolute atomic E-state index is 12.9. The normalized spacial score (nSPS) is 38.4. The highest BCUT2D eigenvalue weighted by Crippen LogP contribution is 2.53. The maximum Gasteiger partial charge on any atom is 0.267 e. The zero-order valence-electron chi connectivity index (χ0n) is 17.9. The summed E-state index contributed by atoms with van der Waals surface area (Å²) in [7, 11) is 0. The third-order valence-corrected chi connectivity index (χ3v) is 8.36. The second kappa shape index (κ2) is 6.65. The molecular weight excluding hydrogens is 441 g/mol. The van der Waals surface area contributed by atoms with Gasteiger partial charge in [0.25, 0.3) is 23.6 Å². The summed E-state index contributed by atoms with van der Waals surface area (Å²) in [4.78, 5) is 74.6. The first kappa shape index (κ1) is 19.7. The summed E-state index contributed by atoms with van der Waals surface area (Å²) in [6.45, 7) is 0. The quantitative estimate of drug-likeness (QED) is 0.284. The van der Waals surface area contributed by atoms with Gasteiger partial charge in [-0.1, -0.05) is 24.3 Å². The summed E-state index contributed by atoms with van der Waals surface area (Å²) in [6, 6.07) is 4.14. The minimum absolute atomic E-state index is 0.0247. The Morgan fingerprint density at radius 3 is 1.56 bits per heavy atom. The van der Waals surface area contributed by atoms with Gasteiger partial charge >= 0.3 is 0 Å². The van der Waals surface area contributed by atoms with Gasteiger partial charge < -0.3 is 9.68 Å². The van der Waals surface area contributed by atoms with Crippen molar-refractivity contribution in [1.29, 1.82) is 0 Å². The lowest BCUT2D eigenvalue weighted by molar-refractivity contribution is -0.167. The van der Waals surface area contributed by atoms with E-state index in [9.17, 15) is 24.0 Å². The zero-order chi connectivity index (χ0) is 23.3. The van der Waals surface area contributed by atoms with Crippen molar-refractivity contribution >= 4 is 29.9 Å². The first-order chi connectivity index (χ1) is 16.5. The van der Waals surface area contributed by atoms with E-state index in [2.05, 4.69) is 0 Å². The molecule has 0 N–H and O–H groups in total. The Morgan fingerprint density at radius 2 is 1.12 bits per heavy atom. The maximum atomic E-state index is 12.9. The van der Waals surface area contributed by atoms with Gasteiger partial charge in [-0.15, -0.1) is 10.1 Å². The third-order valence-electron chi connectivity index (χ3n) is 8.36. The minimum atomic E-state index is -0.440. The molecule has 2 saturated heterocycles. The van der Waals surface area contributed by atoms with Crippen LogP contribution in [0, 0.1) is 47.3 Å². The molecule has 1 aromatic rings. The van der Waals surface area contributed by atoms with Crippen molar-refractivity contribution in [3.05, 3.63) is 48.1 Å². The molecule has 34 heavy (non-hydrogen) atoms. The van der Waals surface area contributed by atoms with E-state index in [0.29, 0.717) is 6.29 Å². The second-order valence-corrected chi connectivity index (χ2v) is 9.94. The van der Waals surface area contributed by atoms with Gasteiger partial charge in [-0.2, -0.15) is 0 Å². The van der Waals surface area contributed by atoms with E-state index in [0.717, 1.165) is 23.0 Å². The average Bonchev–Trinajstić information content (AvgIpc) is 3.67. The summed E-state index contributed by atoms with van der Waals surface area (Å²) in [5, 5.41) is 1.54. The van der Waals surface area contributed by atoms with Crippen LogP contribution in [0.4, 0.5) is 0 Å². The Kier molecular flexibility index (Phi) is 3.85. The van der Waals surface area contributed by atoms with Crippen molar-refractivity contribution in [3.8, 4) is 11.5 Å². The van der Waals surface area contributed by atoms with Gasteiger partial charge in [-0.05, 0) is 48.6 Å². The fourth-order valence-corrected chi connectivity index (χ4v) is 6.88. The fraction of sp³-hybridized carbons (Fsp3) is 0.400. The molecule has 1 aromatic carbocycles. The standard InChI is InChI=1S/C25H20N2O7/c28-10-15-5-6-16(33-26-22(29)18-11-1-2-12(7-11)19(18)23(26)30)9-17(15)34-27-24(31)20-13-3-4-14(8-13)21(20)25(27)32/h1-6,9-14,18-21H,7-8H2/t11-,12+,13-,14+,18-,19+,20-,21+/i26+1. The Balaban J connectivity index is 1.14. The highest BCUT2D eigenvalue weighted by atomic mass is 16.9. The van der Waals surface area contributed by atoms with E-state index in [-0.39, 0.29) is 52.5 Å². The molecule has 0 spiro atoms. The lowest BCUT2D eigenvalue weighted by Gasteiger charge is -2.20. The van der Waals surface area contributed by atoms with Crippen LogP contribution >= 0.6 is 0 Å². The summed E-state index contributed by atoms with van der Waals surface area (Å²) < 4.78 is 0. The van der Waals surface area contributed by atoms with Crippen molar-refractivity contribution in [2.75, 3.05) is 0 Å². The summed E-state index contributed by atoms with van der Waals surface area (Å²) in [5.74, 6) is -3.12. The van der Waals surface area contributed by atoms with Crippen LogP contribution in [0.3, 0.4) is 0 Å². The lowest BCUT2D eigenvalue weighted by atomic mass is 9.85. The van der Waals surface area contributed by atoms with Gasteiger partial charge in [0.1, 0.15) is 0 Å². The highest BCUT2D eigenvalue weighted by Gasteiger charge is 2.61. The Morgan fingerprint density at radius 1 is 0.676 bits per heavy atom. The molecule has 4 aliphatic carbocycles. The van der Waals surface area contributed by atoms with E-state index in [1.54, 1.807) is 0 Å². The summed E-state index contributed by atoms with van der Waals surface area (Å²) >= 11 is 0. The molecule has 4 fully saturated rings. The van der Waals surface area contributed by atoms with Crippen LogP contribution in [0.15, 0.2) is 42.5 Å². The molecule has 0 unspecified atom stereocenters. The highest BCUT2D eigenvalue weighted by molar-refractivity contribution is 6.06. The van der Waals surface area contributed by atoms with E-state index < -0.39 is 35.5 Å². The van der Waals surface area contributed by atoms with Crippen molar-refractivity contribution in [3.63, 3.8) is 0 Å². The molecule has 2 aliphatic heterocycles. The number of carbonyl (C=O) groups excluding carboxylic acids is 5. The molecule has 4 amide bonds.